The van der Waals surface area contributed by atoms with Crippen LogP contribution < -0.4 is 5.32 Å². The van der Waals surface area contributed by atoms with Gasteiger partial charge in [0.2, 0.25) is 5.91 Å². The Kier molecular flexibility index (Phi) is 4.14. The molecule has 0 saturated carbocycles. The number of carbonyl (C=O) groups excluding carboxylic acids is 1. The van der Waals surface area contributed by atoms with E-state index < -0.39 is 17.4 Å². The molecule has 1 saturated heterocycles. The molecular weight excluding hydrogens is 222 g/mol. The van der Waals surface area contributed by atoms with Crippen molar-refractivity contribution >= 4 is 11.9 Å². The van der Waals surface area contributed by atoms with Crippen molar-refractivity contribution < 1.29 is 19.4 Å². The van der Waals surface area contributed by atoms with Gasteiger partial charge in [0.15, 0.2) is 0 Å². The van der Waals surface area contributed by atoms with Crippen molar-refractivity contribution in [2.24, 2.45) is 11.3 Å². The highest BCUT2D eigenvalue weighted by atomic mass is 16.5. The summed E-state index contributed by atoms with van der Waals surface area (Å²) in [5.41, 5.74) is -0.510. The number of hydrogen-bond acceptors (Lipinski definition) is 3. The van der Waals surface area contributed by atoms with E-state index in [2.05, 4.69) is 5.32 Å². The number of rotatable bonds is 3. The van der Waals surface area contributed by atoms with E-state index in [4.69, 9.17) is 9.84 Å². The first-order chi connectivity index (χ1) is 7.73. The van der Waals surface area contributed by atoms with E-state index in [9.17, 15) is 9.59 Å². The zero-order chi connectivity index (χ0) is 13.2. The predicted molar refractivity (Wildman–Crippen MR) is 62.5 cm³/mol. The summed E-state index contributed by atoms with van der Waals surface area (Å²) in [7, 11) is 0. The third kappa shape index (κ3) is 3.43. The molecule has 2 unspecified atom stereocenters. The SMILES string of the molecule is CC1OCCC1C(=O)N[C@H](C(=O)O)C(C)(C)C. The third-order valence-electron chi connectivity index (χ3n) is 3.11. The summed E-state index contributed by atoms with van der Waals surface area (Å²) in [5.74, 6) is -1.46. The van der Waals surface area contributed by atoms with Gasteiger partial charge >= 0.3 is 5.97 Å². The summed E-state index contributed by atoms with van der Waals surface area (Å²) >= 11 is 0. The van der Waals surface area contributed by atoms with E-state index in [0.29, 0.717) is 13.0 Å². The van der Waals surface area contributed by atoms with Gasteiger partial charge in [0, 0.05) is 6.61 Å². The van der Waals surface area contributed by atoms with Gasteiger partial charge in [0.05, 0.1) is 12.0 Å². The van der Waals surface area contributed by atoms with Gasteiger partial charge in [-0.25, -0.2) is 4.79 Å². The fourth-order valence-corrected chi connectivity index (χ4v) is 1.97. The lowest BCUT2D eigenvalue weighted by Crippen LogP contribution is -2.51. The van der Waals surface area contributed by atoms with Crippen LogP contribution in [0.25, 0.3) is 0 Å². The van der Waals surface area contributed by atoms with Crippen LogP contribution in [0.15, 0.2) is 0 Å². The molecule has 17 heavy (non-hydrogen) atoms. The van der Waals surface area contributed by atoms with Gasteiger partial charge in [-0.1, -0.05) is 20.8 Å². The second kappa shape index (κ2) is 5.04. The maximum Gasteiger partial charge on any atom is 0.326 e. The average Bonchev–Trinajstić information content (AvgIpc) is 2.58. The van der Waals surface area contributed by atoms with Gasteiger partial charge < -0.3 is 15.2 Å². The van der Waals surface area contributed by atoms with Gasteiger partial charge in [-0.15, -0.1) is 0 Å². The molecule has 1 aliphatic rings. The van der Waals surface area contributed by atoms with E-state index in [1.807, 2.05) is 6.92 Å². The molecule has 0 aliphatic carbocycles. The lowest BCUT2D eigenvalue weighted by atomic mass is 9.86. The molecule has 0 bridgehead atoms. The molecule has 1 amide bonds. The van der Waals surface area contributed by atoms with Gasteiger partial charge in [0.25, 0.3) is 0 Å². The molecule has 0 aromatic heterocycles. The molecule has 1 heterocycles. The maximum atomic E-state index is 12.0. The van der Waals surface area contributed by atoms with E-state index in [-0.39, 0.29) is 17.9 Å². The fourth-order valence-electron chi connectivity index (χ4n) is 1.97. The highest BCUT2D eigenvalue weighted by Gasteiger charge is 2.37. The highest BCUT2D eigenvalue weighted by Crippen LogP contribution is 2.23. The first-order valence-corrected chi connectivity index (χ1v) is 5.88. The van der Waals surface area contributed by atoms with E-state index in [1.165, 1.54) is 0 Å². The van der Waals surface area contributed by atoms with Crippen molar-refractivity contribution in [3.8, 4) is 0 Å². The van der Waals surface area contributed by atoms with Crippen LogP contribution in [-0.2, 0) is 14.3 Å². The molecule has 0 aromatic carbocycles. The minimum Gasteiger partial charge on any atom is -0.480 e. The summed E-state index contributed by atoms with van der Waals surface area (Å²) in [4.78, 5) is 23.1. The standard InChI is InChI=1S/C12H21NO4/c1-7-8(5-6-17-7)10(14)13-9(11(15)16)12(2,3)4/h7-9H,5-6H2,1-4H3,(H,13,14)(H,15,16)/t7?,8?,9-/m1/s1. The monoisotopic (exact) mass is 243 g/mol. The number of carbonyl (C=O) groups is 2. The molecule has 1 aliphatic heterocycles. The quantitative estimate of drug-likeness (QED) is 0.776. The highest BCUT2D eigenvalue weighted by molar-refractivity contribution is 5.85. The van der Waals surface area contributed by atoms with Gasteiger partial charge in [-0.2, -0.15) is 0 Å². The van der Waals surface area contributed by atoms with Crippen LogP contribution in [0.4, 0.5) is 0 Å². The predicted octanol–water partition coefficient (Wildman–Crippen LogP) is 1.03. The van der Waals surface area contributed by atoms with Crippen molar-refractivity contribution in [1.82, 2.24) is 5.32 Å². The Bertz CT molecular complexity index is 308. The summed E-state index contributed by atoms with van der Waals surface area (Å²) in [6.45, 7) is 7.78. The summed E-state index contributed by atoms with van der Waals surface area (Å²) in [6, 6.07) is -0.872. The van der Waals surface area contributed by atoms with Gasteiger partial charge in [0.1, 0.15) is 6.04 Å². The lowest BCUT2D eigenvalue weighted by Gasteiger charge is -2.29. The third-order valence-corrected chi connectivity index (χ3v) is 3.11. The van der Waals surface area contributed by atoms with Gasteiger partial charge in [-0.05, 0) is 18.8 Å². The van der Waals surface area contributed by atoms with Crippen molar-refractivity contribution in [3.63, 3.8) is 0 Å². The number of ether oxygens (including phenoxy) is 1. The molecule has 3 atom stereocenters. The first-order valence-electron chi connectivity index (χ1n) is 5.88. The maximum absolute atomic E-state index is 12.0. The van der Waals surface area contributed by atoms with Crippen LogP contribution in [0.2, 0.25) is 0 Å². The van der Waals surface area contributed by atoms with Crippen LogP contribution in [0.5, 0.6) is 0 Å². The Balaban J connectivity index is 2.68. The molecule has 0 aromatic rings. The number of aliphatic carboxylic acids is 1. The topological polar surface area (TPSA) is 75.6 Å². The molecule has 5 nitrogen and oxygen atoms in total. The minimum atomic E-state index is -1.00. The largest absolute Gasteiger partial charge is 0.480 e. The van der Waals surface area contributed by atoms with Crippen LogP contribution in [0.1, 0.15) is 34.1 Å². The van der Waals surface area contributed by atoms with Crippen LogP contribution in [-0.4, -0.2) is 35.7 Å². The second-order valence-corrected chi connectivity index (χ2v) is 5.62. The summed E-state index contributed by atoms with van der Waals surface area (Å²) < 4.78 is 5.31. The van der Waals surface area contributed by atoms with Gasteiger partial charge in [-0.3, -0.25) is 4.79 Å². The molecule has 98 valence electrons. The van der Waals surface area contributed by atoms with E-state index in [1.54, 1.807) is 20.8 Å². The molecule has 0 spiro atoms. The number of carboxylic acid groups (broad SMARTS) is 1. The molecule has 2 N–H and O–H groups in total. The van der Waals surface area contributed by atoms with Crippen LogP contribution >= 0.6 is 0 Å². The van der Waals surface area contributed by atoms with E-state index in [0.717, 1.165) is 0 Å². The van der Waals surface area contributed by atoms with Crippen LogP contribution in [0, 0.1) is 11.3 Å². The number of amides is 1. The fraction of sp³-hybridized carbons (Fsp3) is 0.833. The number of carboxylic acids is 1. The zero-order valence-electron chi connectivity index (χ0n) is 10.8. The van der Waals surface area contributed by atoms with Crippen LogP contribution in [0.3, 0.4) is 0 Å². The molecule has 1 fully saturated rings. The Hall–Kier alpha value is -1.10. The first kappa shape index (κ1) is 14.0. The summed E-state index contributed by atoms with van der Waals surface area (Å²) in [6.07, 6.45) is 0.521. The Morgan fingerprint density at radius 2 is 2.00 bits per heavy atom. The molecule has 0 radical (unpaired) electrons. The Labute approximate surface area is 102 Å². The van der Waals surface area contributed by atoms with Crippen molar-refractivity contribution in [2.45, 2.75) is 46.3 Å². The smallest absolute Gasteiger partial charge is 0.326 e. The number of nitrogens with one attached hydrogen (secondary N) is 1. The minimum absolute atomic E-state index is 0.135. The Morgan fingerprint density at radius 1 is 1.41 bits per heavy atom. The normalized spacial score (nSPS) is 26.6. The molecule has 1 rings (SSSR count). The van der Waals surface area contributed by atoms with Crippen molar-refractivity contribution in [1.29, 1.82) is 0 Å². The second-order valence-electron chi connectivity index (χ2n) is 5.62. The molecular formula is C12H21NO4. The zero-order valence-corrected chi connectivity index (χ0v) is 10.8. The van der Waals surface area contributed by atoms with E-state index >= 15 is 0 Å². The van der Waals surface area contributed by atoms with Crippen molar-refractivity contribution in [2.75, 3.05) is 6.61 Å². The summed E-state index contributed by atoms with van der Waals surface area (Å²) in [5, 5.41) is 11.7. The molecule has 5 heteroatoms. The lowest BCUT2D eigenvalue weighted by molar-refractivity contribution is -0.145. The van der Waals surface area contributed by atoms with Crippen molar-refractivity contribution in [3.05, 3.63) is 0 Å². The average molecular weight is 243 g/mol. The number of hydrogen-bond donors (Lipinski definition) is 2. The Morgan fingerprint density at radius 3 is 2.35 bits per heavy atom.